The van der Waals surface area contributed by atoms with Crippen molar-refractivity contribution in [3.8, 4) is 0 Å². The fourth-order valence-corrected chi connectivity index (χ4v) is 1.63. The lowest BCUT2D eigenvalue weighted by Gasteiger charge is -2.09. The zero-order chi connectivity index (χ0) is 11.7. The summed E-state index contributed by atoms with van der Waals surface area (Å²) in [5.41, 5.74) is 0.417. The third kappa shape index (κ3) is 1.62. The molecule has 1 aliphatic heterocycles. The number of nitrogens with zero attached hydrogens (tertiary/aromatic N) is 1. The number of halogens is 1. The third-order valence-electron chi connectivity index (χ3n) is 2.47. The smallest absolute Gasteiger partial charge is 0.164 e. The number of carbonyl (C=O) groups excluding carboxylic acids is 1. The predicted octanol–water partition coefficient (Wildman–Crippen LogP) is 2.35. The highest BCUT2D eigenvalue weighted by molar-refractivity contribution is 6.13. The number of aliphatic hydroxyl groups excluding tert-OH is 1. The molecular formula is C12H10FNO2. The van der Waals surface area contributed by atoms with Crippen molar-refractivity contribution in [2.24, 2.45) is 4.99 Å². The molecule has 0 aliphatic carbocycles. The Morgan fingerprint density at radius 2 is 2.12 bits per heavy atom. The van der Waals surface area contributed by atoms with Crippen LogP contribution in [0.3, 0.4) is 0 Å². The molecule has 0 saturated carbocycles. The van der Waals surface area contributed by atoms with Crippen LogP contribution in [0.1, 0.15) is 18.5 Å². The minimum atomic E-state index is -0.792. The number of allylic oxidation sites excluding steroid dienone is 1. The summed E-state index contributed by atoms with van der Waals surface area (Å²) >= 11 is 0. The molecule has 0 radical (unpaired) electrons. The zero-order valence-corrected chi connectivity index (χ0v) is 8.64. The lowest BCUT2D eigenvalue weighted by atomic mass is 10.0. The van der Waals surface area contributed by atoms with E-state index in [-0.39, 0.29) is 22.7 Å². The number of hydrogen-bond donors (Lipinski definition) is 1. The molecule has 1 aliphatic rings. The van der Waals surface area contributed by atoms with Crippen LogP contribution in [0.5, 0.6) is 0 Å². The highest BCUT2D eigenvalue weighted by Crippen LogP contribution is 2.31. The Labute approximate surface area is 91.9 Å². The van der Waals surface area contributed by atoms with Crippen LogP contribution in [-0.4, -0.2) is 17.1 Å². The fraction of sp³-hybridized carbons (Fsp3) is 0.167. The molecule has 1 atom stereocenters. The van der Waals surface area contributed by atoms with Crippen LogP contribution in [0.15, 0.2) is 40.6 Å². The fourth-order valence-electron chi connectivity index (χ4n) is 1.63. The topological polar surface area (TPSA) is 49.7 Å². The highest BCUT2D eigenvalue weighted by atomic mass is 19.1. The normalized spacial score (nSPS) is 19.2. The number of aliphatic hydroxyl groups is 1. The van der Waals surface area contributed by atoms with Crippen LogP contribution < -0.4 is 0 Å². The zero-order valence-electron chi connectivity index (χ0n) is 8.64. The van der Waals surface area contributed by atoms with Gasteiger partial charge in [-0.25, -0.2) is 4.39 Å². The van der Waals surface area contributed by atoms with E-state index < -0.39 is 11.9 Å². The summed E-state index contributed by atoms with van der Waals surface area (Å²) in [7, 11) is 0. The van der Waals surface area contributed by atoms with Crippen LogP contribution in [0.4, 0.5) is 4.39 Å². The van der Waals surface area contributed by atoms with E-state index in [2.05, 4.69) is 4.99 Å². The molecule has 1 N–H and O–H groups in total. The summed E-state index contributed by atoms with van der Waals surface area (Å²) in [6.45, 7) is 1.33. The van der Waals surface area contributed by atoms with Gasteiger partial charge in [-0.3, -0.25) is 9.79 Å². The molecule has 3 nitrogen and oxygen atoms in total. The number of ketones is 1. The number of carbonyl (C=O) groups is 1. The summed E-state index contributed by atoms with van der Waals surface area (Å²) < 4.78 is 13.5. The highest BCUT2D eigenvalue weighted by Gasteiger charge is 2.27. The molecule has 82 valence electrons. The van der Waals surface area contributed by atoms with Gasteiger partial charge in [0, 0.05) is 11.8 Å². The van der Waals surface area contributed by atoms with E-state index in [0.29, 0.717) is 0 Å². The minimum Gasteiger partial charge on any atom is -0.509 e. The van der Waals surface area contributed by atoms with Crippen molar-refractivity contribution >= 4 is 12.0 Å². The minimum absolute atomic E-state index is 0.147. The molecule has 1 heterocycles. The third-order valence-corrected chi connectivity index (χ3v) is 2.47. The number of benzene rings is 1. The van der Waals surface area contributed by atoms with E-state index in [9.17, 15) is 14.3 Å². The van der Waals surface area contributed by atoms with Gasteiger partial charge in [0.25, 0.3) is 0 Å². The summed E-state index contributed by atoms with van der Waals surface area (Å²) in [6.07, 6.45) is 1.29. The second kappa shape index (κ2) is 3.89. The Kier molecular flexibility index (Phi) is 2.56. The second-order valence-corrected chi connectivity index (χ2v) is 3.56. The molecular weight excluding hydrogens is 209 g/mol. The van der Waals surface area contributed by atoms with Crippen LogP contribution in [-0.2, 0) is 4.79 Å². The largest absolute Gasteiger partial charge is 0.509 e. The van der Waals surface area contributed by atoms with Crippen molar-refractivity contribution in [3.05, 3.63) is 47.0 Å². The first-order valence-electron chi connectivity index (χ1n) is 4.83. The van der Waals surface area contributed by atoms with Crippen LogP contribution >= 0.6 is 0 Å². The quantitative estimate of drug-likeness (QED) is 0.830. The predicted molar refractivity (Wildman–Crippen MR) is 58.0 cm³/mol. The first-order valence-corrected chi connectivity index (χ1v) is 4.83. The number of hydrogen-bond acceptors (Lipinski definition) is 3. The molecule has 16 heavy (non-hydrogen) atoms. The molecule has 4 heteroatoms. The van der Waals surface area contributed by atoms with E-state index in [1.54, 1.807) is 12.1 Å². The van der Waals surface area contributed by atoms with Gasteiger partial charge in [0.1, 0.15) is 17.6 Å². The monoisotopic (exact) mass is 219 g/mol. The maximum atomic E-state index is 13.5. The Morgan fingerprint density at radius 1 is 1.44 bits per heavy atom. The molecule has 0 aromatic heterocycles. The van der Waals surface area contributed by atoms with Gasteiger partial charge in [-0.05, 0) is 13.0 Å². The maximum Gasteiger partial charge on any atom is 0.164 e. The molecule has 2 rings (SSSR count). The average molecular weight is 219 g/mol. The number of Topliss-reactive ketones (excluding diaryl/α,β-unsaturated/α-hetero) is 1. The van der Waals surface area contributed by atoms with E-state index in [0.717, 1.165) is 0 Å². The van der Waals surface area contributed by atoms with E-state index in [1.165, 1.54) is 25.3 Å². The standard InChI is InChI=1S/C12H10FNO2/c1-7(15)9-6-14-11(12(9)16)8-4-2-3-5-10(8)13/h2-6,11,16H,1H3. The van der Waals surface area contributed by atoms with Crippen molar-refractivity contribution in [2.45, 2.75) is 13.0 Å². The van der Waals surface area contributed by atoms with Crippen LogP contribution in [0, 0.1) is 5.82 Å². The lowest BCUT2D eigenvalue weighted by molar-refractivity contribution is -0.113. The van der Waals surface area contributed by atoms with Gasteiger partial charge in [-0.1, -0.05) is 18.2 Å². The van der Waals surface area contributed by atoms with E-state index in [4.69, 9.17) is 0 Å². The summed E-state index contributed by atoms with van der Waals surface area (Å²) in [6, 6.07) is 5.26. The van der Waals surface area contributed by atoms with Crippen molar-refractivity contribution in [3.63, 3.8) is 0 Å². The first kappa shape index (κ1) is 10.5. The molecule has 0 spiro atoms. The van der Waals surface area contributed by atoms with Gasteiger partial charge in [0.2, 0.25) is 0 Å². The second-order valence-electron chi connectivity index (χ2n) is 3.56. The molecule has 0 amide bonds. The van der Waals surface area contributed by atoms with Gasteiger partial charge in [-0.2, -0.15) is 0 Å². The van der Waals surface area contributed by atoms with E-state index >= 15 is 0 Å². The van der Waals surface area contributed by atoms with Crippen molar-refractivity contribution < 1.29 is 14.3 Å². The van der Waals surface area contributed by atoms with Gasteiger partial charge in [-0.15, -0.1) is 0 Å². The Balaban J connectivity index is 2.44. The summed E-state index contributed by atoms with van der Waals surface area (Å²) in [4.78, 5) is 15.1. The molecule has 0 fully saturated rings. The maximum absolute atomic E-state index is 13.5. The van der Waals surface area contributed by atoms with Gasteiger partial charge < -0.3 is 5.11 Å². The molecule has 1 unspecified atom stereocenters. The molecule has 0 bridgehead atoms. The summed E-state index contributed by atoms with van der Waals surface area (Å²) in [5.74, 6) is -0.904. The van der Waals surface area contributed by atoms with Gasteiger partial charge >= 0.3 is 0 Å². The Morgan fingerprint density at radius 3 is 2.69 bits per heavy atom. The number of rotatable bonds is 2. The number of aliphatic imine (C=N–C) groups is 1. The van der Waals surface area contributed by atoms with Crippen LogP contribution in [0.2, 0.25) is 0 Å². The first-order chi connectivity index (χ1) is 7.61. The van der Waals surface area contributed by atoms with E-state index in [1.807, 2.05) is 0 Å². The van der Waals surface area contributed by atoms with Crippen LogP contribution in [0.25, 0.3) is 0 Å². The lowest BCUT2D eigenvalue weighted by Crippen LogP contribution is -2.03. The molecule has 0 saturated heterocycles. The Bertz CT molecular complexity index is 505. The summed E-state index contributed by atoms with van der Waals surface area (Å²) in [5, 5.41) is 9.76. The molecule has 1 aromatic carbocycles. The van der Waals surface area contributed by atoms with Gasteiger partial charge in [0.15, 0.2) is 5.78 Å². The average Bonchev–Trinajstić information content (AvgIpc) is 2.61. The SMILES string of the molecule is CC(=O)C1=C(O)C(c2ccccc2F)N=C1. The van der Waals surface area contributed by atoms with Crippen molar-refractivity contribution in [1.29, 1.82) is 0 Å². The van der Waals surface area contributed by atoms with Gasteiger partial charge in [0.05, 0.1) is 5.57 Å². The van der Waals surface area contributed by atoms with Crippen molar-refractivity contribution in [1.82, 2.24) is 0 Å². The Hall–Kier alpha value is -1.97. The molecule has 1 aromatic rings. The van der Waals surface area contributed by atoms with Crippen molar-refractivity contribution in [2.75, 3.05) is 0 Å².